The van der Waals surface area contributed by atoms with E-state index in [1.54, 1.807) is 17.4 Å². The number of nitrogens with zero attached hydrogens (tertiary/aromatic N) is 3. The van der Waals surface area contributed by atoms with Gasteiger partial charge in [0, 0.05) is 35.1 Å². The summed E-state index contributed by atoms with van der Waals surface area (Å²) >= 11 is 1.57. The van der Waals surface area contributed by atoms with E-state index in [4.69, 9.17) is 4.98 Å². The number of carboxylic acids is 1. The second-order valence-electron chi connectivity index (χ2n) is 6.77. The van der Waals surface area contributed by atoms with E-state index in [9.17, 15) is 9.90 Å². The predicted molar refractivity (Wildman–Crippen MR) is 105 cm³/mol. The minimum Gasteiger partial charge on any atom is -0.478 e. The number of pyridine rings is 1. The summed E-state index contributed by atoms with van der Waals surface area (Å²) in [5.41, 5.74) is 4.87. The molecular weight excluding hydrogens is 346 g/mol. The zero-order valence-corrected chi connectivity index (χ0v) is 16.3. The summed E-state index contributed by atoms with van der Waals surface area (Å²) in [6.07, 6.45) is 2.69. The van der Waals surface area contributed by atoms with Crippen molar-refractivity contribution < 1.29 is 9.90 Å². The number of aromatic nitrogens is 3. The van der Waals surface area contributed by atoms with Crippen LogP contribution in [0.4, 0.5) is 0 Å². The fraction of sp³-hybridized carbons (Fsp3) is 0.350. The Morgan fingerprint density at radius 2 is 2.12 bits per heavy atom. The average molecular weight is 369 g/mol. The Balaban J connectivity index is 2.05. The normalized spacial score (nSPS) is 11.3. The first-order chi connectivity index (χ1) is 12.4. The molecule has 3 rings (SSSR count). The number of aromatic carboxylic acids is 1. The van der Waals surface area contributed by atoms with Gasteiger partial charge >= 0.3 is 5.97 Å². The van der Waals surface area contributed by atoms with Crippen molar-refractivity contribution in [1.29, 1.82) is 0 Å². The minimum atomic E-state index is -0.900. The molecule has 0 atom stereocenters. The van der Waals surface area contributed by atoms with Crippen LogP contribution in [0, 0.1) is 12.8 Å². The summed E-state index contributed by atoms with van der Waals surface area (Å²) in [4.78, 5) is 20.7. The molecule has 0 radical (unpaired) electrons. The molecule has 26 heavy (non-hydrogen) atoms. The maximum Gasteiger partial charge on any atom is 0.337 e. The van der Waals surface area contributed by atoms with Crippen molar-refractivity contribution in [3.05, 3.63) is 46.7 Å². The van der Waals surface area contributed by atoms with E-state index in [0.717, 1.165) is 46.3 Å². The van der Waals surface area contributed by atoms with Crippen LogP contribution in [-0.2, 0) is 13.0 Å². The number of hydrogen-bond donors (Lipinski definition) is 1. The van der Waals surface area contributed by atoms with Gasteiger partial charge in [0.05, 0.1) is 17.0 Å². The van der Waals surface area contributed by atoms with Crippen molar-refractivity contribution >= 4 is 17.3 Å². The highest BCUT2D eigenvalue weighted by molar-refractivity contribution is 7.13. The smallest absolute Gasteiger partial charge is 0.337 e. The number of carbonyl (C=O) groups is 1. The topological polar surface area (TPSA) is 68.0 Å². The SMILES string of the molecule is CCc1cc(-c2nc(-c3cc(C(=O)O)c(C)n3CC(C)C)cs2)ccn1. The molecular formula is C20H23N3O2S. The average Bonchev–Trinajstić information content (AvgIpc) is 3.20. The van der Waals surface area contributed by atoms with Gasteiger partial charge in [-0.2, -0.15) is 0 Å². The van der Waals surface area contributed by atoms with Crippen LogP contribution in [0.15, 0.2) is 29.8 Å². The predicted octanol–water partition coefficient (Wildman–Crippen LogP) is 4.90. The summed E-state index contributed by atoms with van der Waals surface area (Å²) in [7, 11) is 0. The molecule has 0 spiro atoms. The Morgan fingerprint density at radius 3 is 2.77 bits per heavy atom. The number of thiazole rings is 1. The van der Waals surface area contributed by atoms with Crippen LogP contribution in [0.2, 0.25) is 0 Å². The molecule has 0 saturated carbocycles. The third kappa shape index (κ3) is 3.55. The Kier molecular flexibility index (Phi) is 5.23. The second-order valence-corrected chi connectivity index (χ2v) is 7.62. The van der Waals surface area contributed by atoms with Crippen LogP contribution in [0.1, 0.15) is 42.5 Å². The molecule has 1 N–H and O–H groups in total. The van der Waals surface area contributed by atoms with Gasteiger partial charge in [0.2, 0.25) is 0 Å². The van der Waals surface area contributed by atoms with Crippen LogP contribution < -0.4 is 0 Å². The van der Waals surface area contributed by atoms with E-state index < -0.39 is 5.97 Å². The van der Waals surface area contributed by atoms with E-state index in [2.05, 4.69) is 36.4 Å². The summed E-state index contributed by atoms with van der Waals surface area (Å²) in [5, 5.41) is 12.4. The maximum absolute atomic E-state index is 11.6. The fourth-order valence-corrected chi connectivity index (χ4v) is 3.81. The van der Waals surface area contributed by atoms with Gasteiger partial charge in [0.1, 0.15) is 5.01 Å². The molecule has 0 unspecified atom stereocenters. The summed E-state index contributed by atoms with van der Waals surface area (Å²) in [6, 6.07) is 5.76. The molecule has 0 aliphatic rings. The molecule has 0 aliphatic heterocycles. The molecule has 3 heterocycles. The van der Waals surface area contributed by atoms with Gasteiger partial charge in [-0.15, -0.1) is 11.3 Å². The largest absolute Gasteiger partial charge is 0.478 e. The lowest BCUT2D eigenvalue weighted by Gasteiger charge is -2.13. The van der Waals surface area contributed by atoms with Gasteiger partial charge in [-0.1, -0.05) is 20.8 Å². The molecule has 3 aromatic rings. The molecule has 0 fully saturated rings. The van der Waals surface area contributed by atoms with Gasteiger partial charge in [-0.25, -0.2) is 9.78 Å². The van der Waals surface area contributed by atoms with E-state index in [0.29, 0.717) is 11.5 Å². The Bertz CT molecular complexity index is 940. The van der Waals surface area contributed by atoms with Gasteiger partial charge in [-0.05, 0) is 37.5 Å². The molecule has 3 aromatic heterocycles. The third-order valence-electron chi connectivity index (χ3n) is 4.34. The third-order valence-corrected chi connectivity index (χ3v) is 5.23. The van der Waals surface area contributed by atoms with Crippen molar-refractivity contribution in [2.24, 2.45) is 5.92 Å². The molecule has 136 valence electrons. The first kappa shape index (κ1) is 18.3. The van der Waals surface area contributed by atoms with Crippen molar-refractivity contribution in [3.63, 3.8) is 0 Å². The van der Waals surface area contributed by atoms with Crippen molar-refractivity contribution in [3.8, 4) is 22.0 Å². The van der Waals surface area contributed by atoms with Crippen molar-refractivity contribution in [2.45, 2.75) is 40.7 Å². The lowest BCUT2D eigenvalue weighted by molar-refractivity contribution is 0.0696. The second kappa shape index (κ2) is 7.41. The molecule has 0 saturated heterocycles. The molecule has 0 aliphatic carbocycles. The van der Waals surface area contributed by atoms with Crippen LogP contribution in [-0.4, -0.2) is 25.6 Å². The lowest BCUT2D eigenvalue weighted by atomic mass is 10.2. The standard InChI is InChI=1S/C20H23N3O2S/c1-5-15-8-14(6-7-21-15)19-22-17(11-26-19)18-9-16(20(24)25)13(4)23(18)10-12(2)3/h6-9,11-12H,5,10H2,1-4H3,(H,24,25). The van der Waals surface area contributed by atoms with Crippen LogP contribution in [0.3, 0.4) is 0 Å². The highest BCUT2D eigenvalue weighted by atomic mass is 32.1. The Morgan fingerprint density at radius 1 is 1.35 bits per heavy atom. The molecule has 0 bridgehead atoms. The van der Waals surface area contributed by atoms with Crippen LogP contribution in [0.5, 0.6) is 0 Å². The monoisotopic (exact) mass is 369 g/mol. The van der Waals surface area contributed by atoms with Crippen molar-refractivity contribution in [1.82, 2.24) is 14.5 Å². The number of aryl methyl sites for hydroxylation is 1. The Labute approximate surface area is 157 Å². The van der Waals surface area contributed by atoms with E-state index in [1.165, 1.54) is 0 Å². The highest BCUT2D eigenvalue weighted by Gasteiger charge is 2.20. The number of rotatable bonds is 6. The number of hydrogen-bond acceptors (Lipinski definition) is 4. The summed E-state index contributed by atoms with van der Waals surface area (Å²) < 4.78 is 2.07. The van der Waals surface area contributed by atoms with Gasteiger partial charge < -0.3 is 9.67 Å². The summed E-state index contributed by atoms with van der Waals surface area (Å²) in [6.45, 7) is 8.95. The molecule has 5 nitrogen and oxygen atoms in total. The first-order valence-corrected chi connectivity index (χ1v) is 9.63. The zero-order chi connectivity index (χ0) is 18.8. The first-order valence-electron chi connectivity index (χ1n) is 8.75. The molecule has 0 aromatic carbocycles. The maximum atomic E-state index is 11.6. The highest BCUT2D eigenvalue weighted by Crippen LogP contribution is 2.32. The Hall–Kier alpha value is -2.47. The minimum absolute atomic E-state index is 0.340. The molecule has 6 heteroatoms. The van der Waals surface area contributed by atoms with Crippen LogP contribution >= 0.6 is 11.3 Å². The van der Waals surface area contributed by atoms with Gasteiger partial charge in [-0.3, -0.25) is 4.98 Å². The molecule has 0 amide bonds. The van der Waals surface area contributed by atoms with Crippen molar-refractivity contribution in [2.75, 3.05) is 0 Å². The number of carboxylic acid groups (broad SMARTS) is 1. The van der Waals surface area contributed by atoms with E-state index in [1.807, 2.05) is 24.6 Å². The van der Waals surface area contributed by atoms with E-state index in [-0.39, 0.29) is 0 Å². The van der Waals surface area contributed by atoms with E-state index >= 15 is 0 Å². The van der Waals surface area contributed by atoms with Gasteiger partial charge in [0.25, 0.3) is 0 Å². The summed E-state index contributed by atoms with van der Waals surface area (Å²) in [5.74, 6) is -0.490. The zero-order valence-electron chi connectivity index (χ0n) is 15.5. The fourth-order valence-electron chi connectivity index (χ4n) is 3.00. The van der Waals surface area contributed by atoms with Gasteiger partial charge in [0.15, 0.2) is 0 Å². The van der Waals surface area contributed by atoms with Crippen LogP contribution in [0.25, 0.3) is 22.0 Å². The quantitative estimate of drug-likeness (QED) is 0.671. The lowest BCUT2D eigenvalue weighted by Crippen LogP contribution is -2.09.